The predicted octanol–water partition coefficient (Wildman–Crippen LogP) is 4.62. The van der Waals surface area contributed by atoms with Gasteiger partial charge in [-0.25, -0.2) is 0 Å². The van der Waals surface area contributed by atoms with Gasteiger partial charge >= 0.3 is 0 Å². The third kappa shape index (κ3) is 6.55. The molecule has 35 heavy (non-hydrogen) atoms. The summed E-state index contributed by atoms with van der Waals surface area (Å²) < 4.78 is 5.25. The van der Waals surface area contributed by atoms with Crippen molar-refractivity contribution in [2.45, 2.75) is 6.54 Å². The maximum atomic E-state index is 12.9. The van der Waals surface area contributed by atoms with Crippen LogP contribution in [0.3, 0.4) is 0 Å². The largest absolute Gasteiger partial charge is 0.467 e. The van der Waals surface area contributed by atoms with Gasteiger partial charge in [-0.05, 0) is 60.2 Å². The molecule has 0 atom stereocenters. The lowest BCUT2D eigenvalue weighted by molar-refractivity contribution is -0.118. The zero-order chi connectivity index (χ0) is 24.5. The van der Waals surface area contributed by atoms with Gasteiger partial charge in [0.05, 0.1) is 12.8 Å². The van der Waals surface area contributed by atoms with E-state index in [0.717, 1.165) is 5.56 Å². The monoisotopic (exact) mass is 465 g/mol. The highest BCUT2D eigenvalue weighted by Crippen LogP contribution is 2.13. The van der Waals surface area contributed by atoms with E-state index in [0.29, 0.717) is 22.6 Å². The van der Waals surface area contributed by atoms with Crippen LogP contribution in [0.4, 0.5) is 5.69 Å². The first-order valence-electron chi connectivity index (χ1n) is 10.9. The Hall–Kier alpha value is -4.91. The first kappa shape index (κ1) is 23.3. The van der Waals surface area contributed by atoms with Crippen LogP contribution in [0.2, 0.25) is 0 Å². The minimum absolute atomic E-state index is 0.0919. The summed E-state index contributed by atoms with van der Waals surface area (Å²) in [6.45, 7) is 0.184. The first-order chi connectivity index (χ1) is 17.1. The van der Waals surface area contributed by atoms with E-state index in [2.05, 4.69) is 16.0 Å². The minimum atomic E-state index is -0.457. The number of amides is 3. The van der Waals surface area contributed by atoms with E-state index in [1.54, 1.807) is 66.7 Å². The van der Waals surface area contributed by atoms with E-state index >= 15 is 0 Å². The maximum Gasteiger partial charge on any atom is 0.268 e. The number of carbonyl (C=O) groups is 3. The Balaban J connectivity index is 1.45. The van der Waals surface area contributed by atoms with Crippen LogP contribution in [0, 0.1) is 0 Å². The summed E-state index contributed by atoms with van der Waals surface area (Å²) in [6, 6.07) is 28.0. The van der Waals surface area contributed by atoms with Crippen LogP contribution in [-0.4, -0.2) is 17.7 Å². The molecule has 0 saturated heterocycles. The zero-order valence-corrected chi connectivity index (χ0v) is 18.7. The Labute approximate surface area is 202 Å². The highest BCUT2D eigenvalue weighted by Gasteiger charge is 2.15. The fourth-order valence-corrected chi connectivity index (χ4v) is 3.24. The summed E-state index contributed by atoms with van der Waals surface area (Å²) in [7, 11) is 0. The number of anilines is 1. The molecule has 0 aliphatic carbocycles. The van der Waals surface area contributed by atoms with Gasteiger partial charge in [0.25, 0.3) is 17.7 Å². The molecule has 0 spiro atoms. The van der Waals surface area contributed by atoms with E-state index in [4.69, 9.17) is 4.42 Å². The lowest BCUT2D eigenvalue weighted by atomic mass is 10.1. The number of furan rings is 1. The van der Waals surface area contributed by atoms with Gasteiger partial charge in [-0.3, -0.25) is 14.4 Å². The molecule has 0 fully saturated rings. The molecular formula is C28H23N3O4. The van der Waals surface area contributed by atoms with Gasteiger partial charge in [-0.1, -0.05) is 48.5 Å². The lowest BCUT2D eigenvalue weighted by Crippen LogP contribution is -2.34. The van der Waals surface area contributed by atoms with Gasteiger partial charge in [0.1, 0.15) is 11.5 Å². The van der Waals surface area contributed by atoms with Crippen molar-refractivity contribution in [3.8, 4) is 0 Å². The van der Waals surface area contributed by atoms with Crippen LogP contribution < -0.4 is 16.0 Å². The van der Waals surface area contributed by atoms with Crippen molar-refractivity contribution in [2.24, 2.45) is 0 Å². The molecule has 174 valence electrons. The molecule has 3 amide bonds. The molecule has 1 heterocycles. The van der Waals surface area contributed by atoms with Crippen LogP contribution in [0.15, 0.2) is 113 Å². The smallest absolute Gasteiger partial charge is 0.268 e. The molecule has 4 rings (SSSR count). The van der Waals surface area contributed by atoms with Crippen molar-refractivity contribution in [1.82, 2.24) is 10.6 Å². The van der Waals surface area contributed by atoms with Crippen molar-refractivity contribution < 1.29 is 18.8 Å². The summed E-state index contributed by atoms with van der Waals surface area (Å²) in [5, 5.41) is 8.23. The summed E-state index contributed by atoms with van der Waals surface area (Å²) >= 11 is 0. The minimum Gasteiger partial charge on any atom is -0.467 e. The fourth-order valence-electron chi connectivity index (χ4n) is 3.24. The van der Waals surface area contributed by atoms with Crippen molar-refractivity contribution in [3.63, 3.8) is 0 Å². The topological polar surface area (TPSA) is 100 Å². The second-order valence-electron chi connectivity index (χ2n) is 7.58. The van der Waals surface area contributed by atoms with Gasteiger partial charge in [0.2, 0.25) is 0 Å². The third-order valence-electron chi connectivity index (χ3n) is 5.05. The van der Waals surface area contributed by atoms with Gasteiger partial charge in [-0.15, -0.1) is 0 Å². The fraction of sp³-hybridized carbons (Fsp3) is 0.0357. The predicted molar refractivity (Wildman–Crippen MR) is 133 cm³/mol. The molecule has 7 nitrogen and oxygen atoms in total. The van der Waals surface area contributed by atoms with Gasteiger partial charge in [0, 0.05) is 16.8 Å². The molecule has 4 aromatic rings. The quantitative estimate of drug-likeness (QED) is 0.331. The van der Waals surface area contributed by atoms with Crippen molar-refractivity contribution >= 4 is 29.5 Å². The number of hydrogen-bond donors (Lipinski definition) is 3. The molecule has 7 heteroatoms. The van der Waals surface area contributed by atoms with Crippen molar-refractivity contribution in [3.05, 3.63) is 131 Å². The van der Waals surface area contributed by atoms with Crippen LogP contribution in [0.25, 0.3) is 6.08 Å². The molecule has 0 aliphatic heterocycles. The molecule has 3 aromatic carbocycles. The number of benzene rings is 3. The van der Waals surface area contributed by atoms with Crippen molar-refractivity contribution in [1.29, 1.82) is 0 Å². The molecule has 0 bridgehead atoms. The molecule has 1 aromatic heterocycles. The number of carbonyl (C=O) groups excluding carboxylic acids is 3. The van der Waals surface area contributed by atoms with E-state index in [9.17, 15) is 14.4 Å². The molecule has 0 aliphatic rings. The second kappa shape index (κ2) is 11.3. The van der Waals surface area contributed by atoms with Crippen LogP contribution in [-0.2, 0) is 11.3 Å². The Bertz CT molecular complexity index is 1310. The average molecular weight is 466 g/mol. The summed E-state index contributed by atoms with van der Waals surface area (Å²) in [5.41, 5.74) is 2.27. The van der Waals surface area contributed by atoms with Crippen LogP contribution >= 0.6 is 0 Å². The highest BCUT2D eigenvalue weighted by molar-refractivity contribution is 6.06. The number of rotatable bonds is 8. The number of hydrogen-bond acceptors (Lipinski definition) is 4. The van der Waals surface area contributed by atoms with Gasteiger partial charge in [0.15, 0.2) is 0 Å². The van der Waals surface area contributed by atoms with E-state index < -0.39 is 11.8 Å². The van der Waals surface area contributed by atoms with Crippen LogP contribution in [0.1, 0.15) is 32.0 Å². The first-order valence-corrected chi connectivity index (χ1v) is 10.9. The normalized spacial score (nSPS) is 10.9. The molecule has 0 radical (unpaired) electrons. The second-order valence-corrected chi connectivity index (χ2v) is 7.58. The number of nitrogens with one attached hydrogen (secondary N) is 3. The zero-order valence-electron chi connectivity index (χ0n) is 18.7. The van der Waals surface area contributed by atoms with Gasteiger partial charge in [-0.2, -0.15) is 0 Å². The van der Waals surface area contributed by atoms with Gasteiger partial charge < -0.3 is 20.4 Å². The van der Waals surface area contributed by atoms with Crippen LogP contribution in [0.5, 0.6) is 0 Å². The summed E-state index contributed by atoms with van der Waals surface area (Å²) in [6.07, 6.45) is 3.12. The van der Waals surface area contributed by atoms with E-state index in [1.165, 1.54) is 6.26 Å². The molecule has 0 unspecified atom stereocenters. The Morgan fingerprint density at radius 2 is 1.37 bits per heavy atom. The molecule has 0 saturated carbocycles. The Morgan fingerprint density at radius 3 is 2.03 bits per heavy atom. The van der Waals surface area contributed by atoms with Crippen molar-refractivity contribution in [2.75, 3.05) is 5.32 Å². The Morgan fingerprint density at radius 1 is 0.714 bits per heavy atom. The summed E-state index contributed by atoms with van der Waals surface area (Å²) in [4.78, 5) is 38.1. The average Bonchev–Trinajstić information content (AvgIpc) is 3.42. The third-order valence-corrected chi connectivity index (χ3v) is 5.05. The summed E-state index contributed by atoms with van der Waals surface area (Å²) in [5.74, 6) is -0.562. The Kier molecular flexibility index (Phi) is 7.50. The standard InChI is InChI=1S/C28H23N3O4/c32-26(21-10-5-2-6-11-21)30-23-15-13-22(14-16-23)27(33)31-25(18-20-8-3-1-4-9-20)28(34)29-19-24-12-7-17-35-24/h1-18H,19H2,(H,29,34)(H,30,32)(H,31,33). The van der Waals surface area contributed by atoms with E-state index in [-0.39, 0.29) is 18.1 Å². The maximum absolute atomic E-state index is 12.9. The molecule has 3 N–H and O–H groups in total. The SMILES string of the molecule is O=C(NCc1ccco1)C(=Cc1ccccc1)NC(=O)c1ccc(NC(=O)c2ccccc2)cc1. The molecular weight excluding hydrogens is 442 g/mol. The highest BCUT2D eigenvalue weighted by atomic mass is 16.3. The lowest BCUT2D eigenvalue weighted by Gasteiger charge is -2.11. The van der Waals surface area contributed by atoms with E-state index in [1.807, 2.05) is 36.4 Å².